The molecule has 0 atom stereocenters. The van der Waals surface area contributed by atoms with Crippen molar-refractivity contribution >= 4 is 5.82 Å². The van der Waals surface area contributed by atoms with Crippen molar-refractivity contribution in [3.05, 3.63) is 60.0 Å². The first-order valence-corrected chi connectivity index (χ1v) is 6.52. The summed E-state index contributed by atoms with van der Waals surface area (Å²) in [6.07, 6.45) is 1.58. The summed E-state index contributed by atoms with van der Waals surface area (Å²) in [6.45, 7) is 1.88. The molecule has 0 bridgehead atoms. The molecule has 2 aromatic heterocycles. The lowest BCUT2D eigenvalue weighted by Crippen LogP contribution is -2.02. The highest BCUT2D eigenvalue weighted by Crippen LogP contribution is 2.38. The zero-order valence-corrected chi connectivity index (χ0v) is 11.5. The molecule has 2 heterocycles. The number of furan rings is 1. The first-order valence-electron chi connectivity index (χ1n) is 6.52. The lowest BCUT2D eigenvalue weighted by molar-refractivity contribution is 0.582. The Hall–Kier alpha value is -3.06. The highest BCUT2D eigenvalue weighted by atomic mass is 16.3. The maximum Gasteiger partial charge on any atom is 0.142 e. The second kappa shape index (κ2) is 5.14. The number of nitrogens with two attached hydrogens (primary N) is 1. The van der Waals surface area contributed by atoms with Crippen molar-refractivity contribution in [3.8, 4) is 28.5 Å². The average Bonchev–Trinajstić information content (AvgIpc) is 3.01. The fourth-order valence-corrected chi connectivity index (χ4v) is 2.46. The summed E-state index contributed by atoms with van der Waals surface area (Å²) in [5, 5.41) is 9.45. The molecule has 0 saturated carbocycles. The minimum absolute atomic E-state index is 0.223. The van der Waals surface area contributed by atoms with Gasteiger partial charge in [0.1, 0.15) is 23.2 Å². The molecular formula is C17H13N3O. The Kier molecular flexibility index (Phi) is 3.17. The van der Waals surface area contributed by atoms with E-state index < -0.39 is 0 Å². The van der Waals surface area contributed by atoms with Crippen LogP contribution in [0.3, 0.4) is 0 Å². The largest absolute Gasteiger partial charge is 0.464 e. The molecule has 0 radical (unpaired) electrons. The molecule has 0 amide bonds. The van der Waals surface area contributed by atoms with Gasteiger partial charge in [-0.1, -0.05) is 30.3 Å². The number of benzene rings is 1. The SMILES string of the molecule is Cc1nc(N)c(C#N)c(-c2ccco2)c1-c1ccccc1. The number of hydrogen-bond acceptors (Lipinski definition) is 4. The Bertz CT molecular complexity index is 815. The van der Waals surface area contributed by atoms with E-state index >= 15 is 0 Å². The van der Waals surface area contributed by atoms with Crippen molar-refractivity contribution < 1.29 is 4.42 Å². The minimum atomic E-state index is 0.223. The summed E-state index contributed by atoms with van der Waals surface area (Å²) >= 11 is 0. The topological polar surface area (TPSA) is 75.8 Å². The van der Waals surface area contributed by atoms with Crippen LogP contribution in [0.15, 0.2) is 53.1 Å². The summed E-state index contributed by atoms with van der Waals surface area (Å²) in [6, 6.07) is 15.6. The number of rotatable bonds is 2. The van der Waals surface area contributed by atoms with Gasteiger partial charge in [0.05, 0.1) is 6.26 Å². The number of pyridine rings is 1. The molecule has 4 nitrogen and oxygen atoms in total. The first-order chi connectivity index (χ1) is 10.2. The summed E-state index contributed by atoms with van der Waals surface area (Å²) in [5.74, 6) is 0.837. The summed E-state index contributed by atoms with van der Waals surface area (Å²) in [5.41, 5.74) is 9.56. The van der Waals surface area contributed by atoms with Gasteiger partial charge in [-0.25, -0.2) is 4.98 Å². The summed E-state index contributed by atoms with van der Waals surface area (Å²) in [7, 11) is 0. The number of anilines is 1. The molecule has 3 aromatic rings. The van der Waals surface area contributed by atoms with Gasteiger partial charge in [-0.2, -0.15) is 5.26 Å². The van der Waals surface area contributed by atoms with Crippen LogP contribution in [0.1, 0.15) is 11.3 Å². The number of nitrogens with zero attached hydrogens (tertiary/aromatic N) is 2. The van der Waals surface area contributed by atoms with E-state index in [1.165, 1.54) is 0 Å². The van der Waals surface area contributed by atoms with Crippen LogP contribution in [0.4, 0.5) is 5.82 Å². The molecule has 0 unspecified atom stereocenters. The fourth-order valence-electron chi connectivity index (χ4n) is 2.46. The van der Waals surface area contributed by atoms with Crippen molar-refractivity contribution in [3.63, 3.8) is 0 Å². The smallest absolute Gasteiger partial charge is 0.142 e. The van der Waals surface area contributed by atoms with Gasteiger partial charge in [-0.3, -0.25) is 0 Å². The lowest BCUT2D eigenvalue weighted by Gasteiger charge is -2.14. The predicted molar refractivity (Wildman–Crippen MR) is 81.2 cm³/mol. The van der Waals surface area contributed by atoms with E-state index in [4.69, 9.17) is 10.2 Å². The van der Waals surface area contributed by atoms with Gasteiger partial charge in [0, 0.05) is 16.8 Å². The van der Waals surface area contributed by atoms with Crippen LogP contribution in [0.25, 0.3) is 22.5 Å². The first kappa shape index (κ1) is 12.9. The Morgan fingerprint density at radius 3 is 2.48 bits per heavy atom. The zero-order valence-electron chi connectivity index (χ0n) is 11.5. The van der Waals surface area contributed by atoms with Crippen molar-refractivity contribution in [2.24, 2.45) is 0 Å². The maximum absolute atomic E-state index is 9.45. The van der Waals surface area contributed by atoms with Crippen LogP contribution < -0.4 is 5.73 Å². The molecule has 2 N–H and O–H groups in total. The van der Waals surface area contributed by atoms with E-state index in [1.54, 1.807) is 12.3 Å². The molecule has 4 heteroatoms. The second-order valence-corrected chi connectivity index (χ2v) is 4.66. The maximum atomic E-state index is 9.45. The summed E-state index contributed by atoms with van der Waals surface area (Å²) in [4.78, 5) is 4.30. The number of nitrogen functional groups attached to an aromatic ring is 1. The molecule has 21 heavy (non-hydrogen) atoms. The van der Waals surface area contributed by atoms with Crippen LogP contribution in [0.2, 0.25) is 0 Å². The van der Waals surface area contributed by atoms with Crippen LogP contribution in [0.5, 0.6) is 0 Å². The van der Waals surface area contributed by atoms with Crippen LogP contribution in [0, 0.1) is 18.3 Å². The second-order valence-electron chi connectivity index (χ2n) is 4.66. The summed E-state index contributed by atoms with van der Waals surface area (Å²) < 4.78 is 5.50. The Labute approximate surface area is 122 Å². The van der Waals surface area contributed by atoms with Gasteiger partial charge in [-0.15, -0.1) is 0 Å². The van der Waals surface area contributed by atoms with E-state index in [9.17, 15) is 5.26 Å². The monoisotopic (exact) mass is 275 g/mol. The normalized spacial score (nSPS) is 10.3. The zero-order chi connectivity index (χ0) is 14.8. The average molecular weight is 275 g/mol. The van der Waals surface area contributed by atoms with Gasteiger partial charge in [0.25, 0.3) is 0 Å². The standard InChI is InChI=1S/C17H13N3O/c1-11-15(12-6-3-2-4-7-12)16(14-8-5-9-21-14)13(10-18)17(19)20-11/h2-9H,1H3,(H2,19,20). The molecule has 1 aromatic carbocycles. The van der Waals surface area contributed by atoms with E-state index in [0.717, 1.165) is 16.8 Å². The lowest BCUT2D eigenvalue weighted by atomic mass is 9.93. The molecule has 102 valence electrons. The minimum Gasteiger partial charge on any atom is -0.464 e. The highest BCUT2D eigenvalue weighted by Gasteiger charge is 2.20. The van der Waals surface area contributed by atoms with Crippen LogP contribution in [-0.2, 0) is 0 Å². The number of hydrogen-bond donors (Lipinski definition) is 1. The van der Waals surface area contributed by atoms with E-state index in [0.29, 0.717) is 16.9 Å². The van der Waals surface area contributed by atoms with Gasteiger partial charge in [-0.05, 0) is 24.6 Å². The molecule has 0 aliphatic carbocycles. The van der Waals surface area contributed by atoms with Crippen LogP contribution in [-0.4, -0.2) is 4.98 Å². The predicted octanol–water partition coefficient (Wildman–Crippen LogP) is 3.77. The highest BCUT2D eigenvalue weighted by molar-refractivity contribution is 5.89. The van der Waals surface area contributed by atoms with E-state index in [1.807, 2.05) is 43.3 Å². The van der Waals surface area contributed by atoms with E-state index in [2.05, 4.69) is 11.1 Å². The quantitative estimate of drug-likeness (QED) is 0.772. The number of nitriles is 1. The van der Waals surface area contributed by atoms with Crippen molar-refractivity contribution in [1.29, 1.82) is 5.26 Å². The van der Waals surface area contributed by atoms with Gasteiger partial charge >= 0.3 is 0 Å². The van der Waals surface area contributed by atoms with Gasteiger partial charge in [0.15, 0.2) is 0 Å². The third-order valence-electron chi connectivity index (χ3n) is 3.35. The van der Waals surface area contributed by atoms with Crippen molar-refractivity contribution in [2.75, 3.05) is 5.73 Å². The molecule has 0 aliphatic heterocycles. The van der Waals surface area contributed by atoms with Crippen molar-refractivity contribution in [2.45, 2.75) is 6.92 Å². The molecular weight excluding hydrogens is 262 g/mol. The number of aryl methyl sites for hydroxylation is 1. The third-order valence-corrected chi connectivity index (χ3v) is 3.35. The third kappa shape index (κ3) is 2.15. The molecule has 0 saturated heterocycles. The Morgan fingerprint density at radius 2 is 1.86 bits per heavy atom. The van der Waals surface area contributed by atoms with Crippen LogP contribution >= 0.6 is 0 Å². The molecule has 0 spiro atoms. The fraction of sp³-hybridized carbons (Fsp3) is 0.0588. The molecule has 0 aliphatic rings. The molecule has 0 fully saturated rings. The number of aromatic nitrogens is 1. The molecule has 3 rings (SSSR count). The Morgan fingerprint density at radius 1 is 1.10 bits per heavy atom. The van der Waals surface area contributed by atoms with E-state index in [-0.39, 0.29) is 5.82 Å². The van der Waals surface area contributed by atoms with Gasteiger partial charge in [0.2, 0.25) is 0 Å². The van der Waals surface area contributed by atoms with Gasteiger partial charge < -0.3 is 10.2 Å². The Balaban J connectivity index is 2.42. The van der Waals surface area contributed by atoms with Crippen molar-refractivity contribution in [1.82, 2.24) is 4.98 Å².